The highest BCUT2D eigenvalue weighted by atomic mass is 35.5. The van der Waals surface area contributed by atoms with Crippen LogP contribution in [0.2, 0.25) is 5.15 Å². The minimum atomic E-state index is -3.68. The van der Waals surface area contributed by atoms with Gasteiger partial charge in [0.05, 0.1) is 44.3 Å². The summed E-state index contributed by atoms with van der Waals surface area (Å²) < 4.78 is 55.6. The fourth-order valence-corrected chi connectivity index (χ4v) is 10.7. The van der Waals surface area contributed by atoms with Crippen molar-refractivity contribution < 1.29 is 16.8 Å². The molecule has 9 N–H and O–H groups in total. The Balaban J connectivity index is 0.000000146. The van der Waals surface area contributed by atoms with Crippen molar-refractivity contribution >= 4 is 82.8 Å². The molecule has 10 rings (SSSR count). The number of aromatic amines is 2. The van der Waals surface area contributed by atoms with Crippen LogP contribution in [0.15, 0.2) is 131 Å². The molecule has 4 aromatic carbocycles. The molecule has 6 heterocycles. The molecule has 2 aliphatic heterocycles. The molecule has 2 aliphatic rings. The van der Waals surface area contributed by atoms with Crippen molar-refractivity contribution in [3.05, 3.63) is 138 Å². The first-order valence-corrected chi connectivity index (χ1v) is 23.1. The standard InChI is InChI=1S/C21H21N7O2S.C16H18N2O2S.C5H4ClN5/c22-21-25-19(17-13-23-27-20(17)26-21)24-15-10-11-28(18-9-5-4-6-14(18)12-15)31(29,30)16-7-2-1-3-8-16;17-14-10-11-18(16-9-5-4-6-13(16)12-14)21(19,20)15-7-2-1-3-8-15;6-3-2-1-8-11-4(2)10-5(7)9-3/h1-9,13,15H,10-12H2,(H4,22,23,24,25,26,27);1-9,14H,10-12,17H2;1H,(H3,7,8,9,10,11). The Kier molecular flexibility index (Phi) is 12.4. The molecule has 8 aromatic rings. The molecule has 21 heteroatoms. The number of nitrogens with two attached hydrogens (primary N) is 3. The lowest BCUT2D eigenvalue weighted by atomic mass is 10.0. The van der Waals surface area contributed by atoms with Crippen LogP contribution in [0.4, 0.5) is 29.1 Å². The molecule has 0 radical (unpaired) electrons. The smallest absolute Gasteiger partial charge is 0.264 e. The number of aromatic nitrogens is 8. The van der Waals surface area contributed by atoms with E-state index in [9.17, 15) is 16.8 Å². The number of benzene rings is 4. The molecule has 18 nitrogen and oxygen atoms in total. The number of H-pyrrole nitrogens is 2. The lowest BCUT2D eigenvalue weighted by Crippen LogP contribution is -2.33. The third kappa shape index (κ3) is 9.33. The number of nitrogen functional groups attached to an aromatic ring is 2. The van der Waals surface area contributed by atoms with Crippen molar-refractivity contribution in [1.29, 1.82) is 0 Å². The molecule has 0 bridgehead atoms. The number of hydrogen-bond donors (Lipinski definition) is 6. The number of fused-ring (bicyclic) bond motifs is 4. The average Bonchev–Trinajstić information content (AvgIpc) is 3.87. The maximum atomic E-state index is 13.4. The number of anilines is 5. The van der Waals surface area contributed by atoms with Crippen LogP contribution < -0.4 is 31.1 Å². The summed E-state index contributed by atoms with van der Waals surface area (Å²) in [7, 11) is -7.23. The van der Waals surface area contributed by atoms with E-state index in [1.807, 2.05) is 54.6 Å². The van der Waals surface area contributed by atoms with Gasteiger partial charge in [-0.3, -0.25) is 18.8 Å². The lowest BCUT2D eigenvalue weighted by molar-refractivity contribution is 0.583. The summed E-state index contributed by atoms with van der Waals surface area (Å²) in [5.74, 6) is 0.867. The quantitative estimate of drug-likeness (QED) is 0.116. The van der Waals surface area contributed by atoms with Crippen LogP contribution in [0.1, 0.15) is 24.0 Å². The van der Waals surface area contributed by atoms with Crippen molar-refractivity contribution in [2.75, 3.05) is 38.5 Å². The van der Waals surface area contributed by atoms with Crippen molar-refractivity contribution in [2.45, 2.75) is 47.6 Å². The van der Waals surface area contributed by atoms with Crippen LogP contribution in [0.3, 0.4) is 0 Å². The second kappa shape index (κ2) is 18.2. The van der Waals surface area contributed by atoms with Crippen molar-refractivity contribution in [1.82, 2.24) is 40.3 Å². The number of nitrogens with one attached hydrogen (secondary N) is 3. The van der Waals surface area contributed by atoms with Gasteiger partial charge in [0, 0.05) is 25.2 Å². The zero-order chi connectivity index (χ0) is 44.1. The van der Waals surface area contributed by atoms with E-state index < -0.39 is 20.0 Å². The van der Waals surface area contributed by atoms with E-state index in [1.54, 1.807) is 67.0 Å². The highest BCUT2D eigenvalue weighted by molar-refractivity contribution is 7.93. The van der Waals surface area contributed by atoms with Crippen LogP contribution in [-0.2, 0) is 32.9 Å². The molecule has 2 unspecified atom stereocenters. The molecule has 2 atom stereocenters. The number of hydrogen-bond acceptors (Lipinski definition) is 14. The number of rotatable bonds is 6. The first-order valence-electron chi connectivity index (χ1n) is 19.8. The Morgan fingerprint density at radius 2 is 1.08 bits per heavy atom. The normalized spacial score (nSPS) is 16.3. The highest BCUT2D eigenvalue weighted by Crippen LogP contribution is 2.34. The first kappa shape index (κ1) is 42.8. The van der Waals surface area contributed by atoms with Gasteiger partial charge in [-0.15, -0.1) is 0 Å². The Morgan fingerprint density at radius 1 is 0.603 bits per heavy atom. The molecule has 0 saturated heterocycles. The number of sulfonamides is 2. The highest BCUT2D eigenvalue weighted by Gasteiger charge is 2.32. The summed E-state index contributed by atoms with van der Waals surface area (Å²) >= 11 is 5.71. The summed E-state index contributed by atoms with van der Waals surface area (Å²) in [6.45, 7) is 0.746. The Labute approximate surface area is 368 Å². The van der Waals surface area contributed by atoms with E-state index in [4.69, 9.17) is 28.8 Å². The summed E-state index contributed by atoms with van der Waals surface area (Å²) in [5.41, 5.74) is 21.7. The van der Waals surface area contributed by atoms with Crippen molar-refractivity contribution in [2.24, 2.45) is 5.73 Å². The van der Waals surface area contributed by atoms with Crippen LogP contribution >= 0.6 is 11.6 Å². The van der Waals surface area contributed by atoms with Crippen LogP contribution in [0.5, 0.6) is 0 Å². The van der Waals surface area contributed by atoms with E-state index in [0.29, 0.717) is 77.0 Å². The van der Waals surface area contributed by atoms with E-state index in [-0.39, 0.29) is 28.9 Å². The second-order valence-corrected chi connectivity index (χ2v) is 18.8. The molecular formula is C42H43ClN14O4S2. The number of halogens is 1. The number of para-hydroxylation sites is 2. The first-order chi connectivity index (χ1) is 30.4. The van der Waals surface area contributed by atoms with Gasteiger partial charge in [0.2, 0.25) is 11.9 Å². The predicted octanol–water partition coefficient (Wildman–Crippen LogP) is 5.30. The maximum Gasteiger partial charge on any atom is 0.264 e. The molecule has 0 amide bonds. The Morgan fingerprint density at radius 3 is 1.67 bits per heavy atom. The summed E-state index contributed by atoms with van der Waals surface area (Å²) in [6, 6.07) is 32.2. The summed E-state index contributed by atoms with van der Waals surface area (Å²) in [6.07, 6.45) is 5.78. The molecule has 0 saturated carbocycles. The van der Waals surface area contributed by atoms with E-state index in [1.165, 1.54) is 8.61 Å². The fraction of sp³-hybridized carbons (Fsp3) is 0.190. The molecule has 0 aliphatic carbocycles. The molecular weight excluding hydrogens is 864 g/mol. The van der Waals surface area contributed by atoms with E-state index in [2.05, 4.69) is 45.6 Å². The third-order valence-corrected chi connectivity index (χ3v) is 14.4. The monoisotopic (exact) mass is 906 g/mol. The maximum absolute atomic E-state index is 13.4. The Hall–Kier alpha value is -6.87. The van der Waals surface area contributed by atoms with Crippen molar-refractivity contribution in [3.63, 3.8) is 0 Å². The zero-order valence-corrected chi connectivity index (χ0v) is 36.0. The summed E-state index contributed by atoms with van der Waals surface area (Å²) in [5, 5.41) is 18.4. The second-order valence-electron chi connectivity index (χ2n) is 14.7. The van der Waals surface area contributed by atoms with Crippen LogP contribution in [-0.4, -0.2) is 82.3 Å². The topological polar surface area (TPSA) is 274 Å². The van der Waals surface area contributed by atoms with Crippen LogP contribution in [0.25, 0.3) is 22.1 Å². The number of nitrogens with zero attached hydrogens (tertiary/aromatic N) is 8. The van der Waals surface area contributed by atoms with Gasteiger partial charge in [0.15, 0.2) is 11.3 Å². The SMILES string of the molecule is NC1CCN(S(=O)(=O)c2ccccc2)c2ccccc2C1.Nc1nc(Cl)c2cn[nH]c2n1.Nc1nc(NC2CCN(S(=O)(=O)c3ccccc3)c3ccccc3C2)c2cn[nH]c2n1. The lowest BCUT2D eigenvalue weighted by Gasteiger charge is -2.24. The van der Waals surface area contributed by atoms with Gasteiger partial charge < -0.3 is 22.5 Å². The largest absolute Gasteiger partial charge is 0.368 e. The van der Waals surface area contributed by atoms with Gasteiger partial charge in [0.25, 0.3) is 20.0 Å². The average molecular weight is 907 g/mol. The summed E-state index contributed by atoms with van der Waals surface area (Å²) in [4.78, 5) is 16.7. The van der Waals surface area contributed by atoms with Crippen molar-refractivity contribution in [3.8, 4) is 0 Å². The zero-order valence-electron chi connectivity index (χ0n) is 33.6. The van der Waals surface area contributed by atoms with Gasteiger partial charge in [-0.25, -0.2) is 21.8 Å². The fourth-order valence-electron chi connectivity index (χ4n) is 7.44. The van der Waals surface area contributed by atoms with E-state index >= 15 is 0 Å². The minimum Gasteiger partial charge on any atom is -0.368 e. The molecule has 0 fully saturated rings. The Bertz CT molecular complexity index is 3080. The molecule has 324 valence electrons. The minimum absolute atomic E-state index is 0.0119. The molecule has 0 spiro atoms. The molecule has 63 heavy (non-hydrogen) atoms. The van der Waals surface area contributed by atoms with Gasteiger partial charge in [-0.05, 0) is 73.2 Å². The van der Waals surface area contributed by atoms with Gasteiger partial charge in [0.1, 0.15) is 11.0 Å². The van der Waals surface area contributed by atoms with Crippen LogP contribution in [0, 0.1) is 0 Å². The van der Waals surface area contributed by atoms with Gasteiger partial charge in [-0.1, -0.05) is 84.4 Å². The third-order valence-electron chi connectivity index (χ3n) is 10.5. The predicted molar refractivity (Wildman–Crippen MR) is 244 cm³/mol. The van der Waals surface area contributed by atoms with Gasteiger partial charge in [-0.2, -0.15) is 25.1 Å². The van der Waals surface area contributed by atoms with Gasteiger partial charge >= 0.3 is 0 Å². The molecule has 4 aromatic heterocycles. The van der Waals surface area contributed by atoms with E-state index in [0.717, 1.165) is 22.2 Å².